The molecule has 0 bridgehead atoms. The van der Waals surface area contributed by atoms with Gasteiger partial charge in [0.2, 0.25) is 0 Å². The van der Waals surface area contributed by atoms with Gasteiger partial charge in [0, 0.05) is 0 Å². The Hall–Kier alpha value is -0.646. The van der Waals surface area contributed by atoms with Crippen LogP contribution in [0, 0.1) is 0 Å². The van der Waals surface area contributed by atoms with Crippen LogP contribution in [0.25, 0.3) is 0 Å². The Morgan fingerprint density at radius 3 is 2.16 bits per heavy atom. The molecule has 0 fully saturated rings. The fourth-order valence-corrected chi connectivity index (χ4v) is 4.63. The Bertz CT molecular complexity index is 360. The third kappa shape index (κ3) is 4.75. The van der Waals surface area contributed by atoms with Gasteiger partial charge in [-0.3, -0.25) is 0 Å². The molecule has 0 radical (unpaired) electrons. The molecular weight excluding hydrogens is 278 g/mol. The van der Waals surface area contributed by atoms with Gasteiger partial charge in [-0.2, -0.15) is 0 Å². The van der Waals surface area contributed by atoms with Gasteiger partial charge in [0.1, 0.15) is 0 Å². The molecule has 0 saturated carbocycles. The van der Waals surface area contributed by atoms with E-state index < -0.39 is 17.8 Å². The molecule has 0 spiro atoms. The number of nitrogens with zero attached hydrogens (tertiary/aromatic N) is 1. The number of anilines is 1. The molecule has 0 saturated heterocycles. The maximum atomic E-state index is 5.46. The first-order valence-corrected chi connectivity index (χ1v) is 9.32. The summed E-state index contributed by atoms with van der Waals surface area (Å²) in [6.07, 6.45) is 2.78. The fourth-order valence-electron chi connectivity index (χ4n) is 1.97. The SMILES string of the molecule is C=CN(CC[CH2][Ti]([O]C)([O]C)[O]C)c1ccccc1. The zero-order valence-corrected chi connectivity index (χ0v) is 13.5. The average molecular weight is 301 g/mol. The van der Waals surface area contributed by atoms with Gasteiger partial charge in [0.15, 0.2) is 0 Å². The standard InChI is InChI=1S/C11H14N.3CH3O.Ti/c1-3-10-12(4-2)11-8-6-5-7-9-11;3*1-2;/h4-9H,1-3,10H2;3*1H3;/q;3*-1;+3. The Morgan fingerprint density at radius 2 is 1.68 bits per heavy atom. The van der Waals surface area contributed by atoms with Crippen LogP contribution in [0.4, 0.5) is 5.69 Å². The minimum atomic E-state index is -2.99. The zero-order valence-electron chi connectivity index (χ0n) is 12.0. The van der Waals surface area contributed by atoms with Gasteiger partial charge in [-0.25, -0.2) is 0 Å². The van der Waals surface area contributed by atoms with E-state index in [1.165, 1.54) is 0 Å². The van der Waals surface area contributed by atoms with Crippen molar-refractivity contribution in [1.29, 1.82) is 0 Å². The summed E-state index contributed by atoms with van der Waals surface area (Å²) >= 11 is -2.99. The Kier molecular flexibility index (Phi) is 7.35. The third-order valence-electron chi connectivity index (χ3n) is 3.12. The summed E-state index contributed by atoms with van der Waals surface area (Å²) in [5.41, 5.74) is 1.14. The minimum absolute atomic E-state index is 0.834. The van der Waals surface area contributed by atoms with Gasteiger partial charge in [0.25, 0.3) is 0 Å². The van der Waals surface area contributed by atoms with E-state index in [0.717, 1.165) is 23.4 Å². The summed E-state index contributed by atoms with van der Waals surface area (Å²) in [7, 11) is 4.99. The van der Waals surface area contributed by atoms with Crippen LogP contribution < -0.4 is 4.90 Å². The van der Waals surface area contributed by atoms with Gasteiger partial charge in [-0.15, -0.1) is 0 Å². The first kappa shape index (κ1) is 16.4. The summed E-state index contributed by atoms with van der Waals surface area (Å²) in [5.74, 6) is 0. The molecule has 0 unspecified atom stereocenters. The van der Waals surface area contributed by atoms with Crippen LogP contribution in [-0.4, -0.2) is 27.9 Å². The van der Waals surface area contributed by atoms with Crippen molar-refractivity contribution < 1.29 is 27.7 Å². The molecule has 0 N–H and O–H groups in total. The maximum absolute atomic E-state index is 5.46. The molecule has 4 nitrogen and oxygen atoms in total. The average Bonchev–Trinajstić information content (AvgIpc) is 2.49. The summed E-state index contributed by atoms with van der Waals surface area (Å²) in [4.78, 5) is 2.12. The quantitative estimate of drug-likeness (QED) is 0.655. The molecule has 0 aliphatic heterocycles. The second kappa shape index (κ2) is 8.51. The predicted octanol–water partition coefficient (Wildman–Crippen LogP) is 3.28. The van der Waals surface area contributed by atoms with Crippen molar-refractivity contribution in [2.45, 2.75) is 11.1 Å². The van der Waals surface area contributed by atoms with Crippen molar-refractivity contribution >= 4 is 5.69 Å². The molecule has 0 atom stereocenters. The van der Waals surface area contributed by atoms with E-state index in [9.17, 15) is 0 Å². The Labute approximate surface area is 120 Å². The topological polar surface area (TPSA) is 30.9 Å². The molecule has 0 amide bonds. The number of hydrogen-bond acceptors (Lipinski definition) is 4. The fraction of sp³-hybridized carbons (Fsp3) is 0.429. The monoisotopic (exact) mass is 301 g/mol. The normalized spacial score (nSPS) is 11.3. The van der Waals surface area contributed by atoms with Gasteiger partial charge < -0.3 is 0 Å². The number of para-hydroxylation sites is 1. The summed E-state index contributed by atoms with van der Waals surface area (Å²) in [6, 6.07) is 10.2. The van der Waals surface area contributed by atoms with Crippen LogP contribution in [0.5, 0.6) is 0 Å². The van der Waals surface area contributed by atoms with E-state index >= 15 is 0 Å². The van der Waals surface area contributed by atoms with Crippen LogP contribution >= 0.6 is 0 Å². The van der Waals surface area contributed by atoms with Gasteiger partial charge in [-0.1, -0.05) is 0 Å². The predicted molar refractivity (Wildman–Crippen MR) is 74.4 cm³/mol. The van der Waals surface area contributed by atoms with Crippen molar-refractivity contribution in [1.82, 2.24) is 0 Å². The van der Waals surface area contributed by atoms with Crippen LogP contribution in [0.15, 0.2) is 43.1 Å². The number of rotatable bonds is 9. The van der Waals surface area contributed by atoms with E-state index in [-0.39, 0.29) is 0 Å². The van der Waals surface area contributed by atoms with Crippen LogP contribution in [0.1, 0.15) is 6.42 Å². The molecule has 19 heavy (non-hydrogen) atoms. The van der Waals surface area contributed by atoms with Gasteiger partial charge in [-0.05, 0) is 0 Å². The molecule has 1 aromatic carbocycles. The Balaban J connectivity index is 2.53. The van der Waals surface area contributed by atoms with Crippen LogP contribution in [-0.2, 0) is 27.7 Å². The van der Waals surface area contributed by atoms with E-state index in [0.29, 0.717) is 0 Å². The second-order valence-corrected chi connectivity index (χ2v) is 8.94. The molecule has 0 aromatic heterocycles. The van der Waals surface area contributed by atoms with Crippen molar-refractivity contribution in [3.05, 3.63) is 43.1 Å². The van der Waals surface area contributed by atoms with E-state index in [2.05, 4.69) is 23.6 Å². The van der Waals surface area contributed by atoms with E-state index in [4.69, 9.17) is 9.96 Å². The van der Waals surface area contributed by atoms with Crippen molar-refractivity contribution in [3.63, 3.8) is 0 Å². The first-order chi connectivity index (χ1) is 9.21. The Morgan fingerprint density at radius 1 is 1.11 bits per heavy atom. The van der Waals surface area contributed by atoms with Crippen LogP contribution in [0.2, 0.25) is 4.73 Å². The van der Waals surface area contributed by atoms with Crippen molar-refractivity contribution in [3.8, 4) is 0 Å². The molecule has 106 valence electrons. The summed E-state index contributed by atoms with van der Waals surface area (Å²) in [6.45, 7) is 4.73. The first-order valence-electron chi connectivity index (χ1n) is 6.31. The second-order valence-electron chi connectivity index (χ2n) is 4.11. The molecule has 0 heterocycles. The van der Waals surface area contributed by atoms with Gasteiger partial charge in [0.05, 0.1) is 0 Å². The number of benzene rings is 1. The number of hydrogen-bond donors (Lipinski definition) is 0. The van der Waals surface area contributed by atoms with E-state index in [1.807, 2.05) is 24.4 Å². The van der Waals surface area contributed by atoms with Gasteiger partial charge >= 0.3 is 120 Å². The molecule has 1 aromatic rings. The van der Waals surface area contributed by atoms with Crippen LogP contribution in [0.3, 0.4) is 0 Å². The zero-order chi connectivity index (χ0) is 14.1. The molecule has 0 aliphatic rings. The summed E-state index contributed by atoms with van der Waals surface area (Å²) < 4.78 is 17.2. The van der Waals surface area contributed by atoms with Crippen molar-refractivity contribution in [2.24, 2.45) is 0 Å². The van der Waals surface area contributed by atoms with Crippen molar-refractivity contribution in [2.75, 3.05) is 32.8 Å². The van der Waals surface area contributed by atoms with E-state index in [1.54, 1.807) is 21.3 Å². The molecule has 0 aliphatic carbocycles. The summed E-state index contributed by atoms with van der Waals surface area (Å²) in [5, 5.41) is 0. The third-order valence-corrected chi connectivity index (χ3v) is 7.55. The molecule has 5 heteroatoms. The molecule has 1 rings (SSSR count). The molecular formula is C14H23NO3Ti.